The molecule has 0 radical (unpaired) electrons. The van der Waals surface area contributed by atoms with Gasteiger partial charge in [0.2, 0.25) is 0 Å². The molecule has 0 bridgehead atoms. The van der Waals surface area contributed by atoms with E-state index in [0.717, 1.165) is 16.9 Å². The van der Waals surface area contributed by atoms with Gasteiger partial charge >= 0.3 is 0 Å². The zero-order valence-corrected chi connectivity index (χ0v) is 11.5. The summed E-state index contributed by atoms with van der Waals surface area (Å²) in [4.78, 5) is 0. The van der Waals surface area contributed by atoms with Gasteiger partial charge in [0, 0.05) is 5.56 Å². The van der Waals surface area contributed by atoms with Gasteiger partial charge in [-0.3, -0.25) is 0 Å². The largest absolute Gasteiger partial charge is 0.489 e. The Hall–Kier alpha value is -1.84. The number of hydrogen-bond acceptors (Lipinski definition) is 3. The zero-order chi connectivity index (χ0) is 13.8. The third-order valence-corrected chi connectivity index (χ3v) is 3.45. The lowest BCUT2D eigenvalue weighted by atomic mass is 10.1. The summed E-state index contributed by atoms with van der Waals surface area (Å²) in [5.74, 6) is 0.179. The maximum atomic E-state index is 5.83. The summed E-state index contributed by atoms with van der Waals surface area (Å²) >= 11 is 0. The number of benzene rings is 2. The van der Waals surface area contributed by atoms with E-state index in [9.17, 15) is 0 Å². The van der Waals surface area contributed by atoms with Crippen molar-refractivity contribution in [1.29, 1.82) is 0 Å². The molecule has 1 fully saturated rings. The second-order valence-electron chi connectivity index (χ2n) is 4.94. The summed E-state index contributed by atoms with van der Waals surface area (Å²) in [6, 6.07) is 18.0. The van der Waals surface area contributed by atoms with Crippen molar-refractivity contribution in [3.63, 3.8) is 0 Å². The Kier molecular flexibility index (Phi) is 3.72. The van der Waals surface area contributed by atoms with E-state index in [2.05, 4.69) is 0 Å². The summed E-state index contributed by atoms with van der Waals surface area (Å²) < 4.78 is 17.2. The molecule has 0 aliphatic carbocycles. The molecular formula is C17H18O3. The van der Waals surface area contributed by atoms with Crippen molar-refractivity contribution in [3.8, 4) is 5.75 Å². The van der Waals surface area contributed by atoms with E-state index in [-0.39, 0.29) is 0 Å². The van der Waals surface area contributed by atoms with Gasteiger partial charge in [-0.1, -0.05) is 42.5 Å². The van der Waals surface area contributed by atoms with Crippen LogP contribution in [0.25, 0.3) is 0 Å². The van der Waals surface area contributed by atoms with Crippen molar-refractivity contribution >= 4 is 0 Å². The minimum atomic E-state index is -0.647. The highest BCUT2D eigenvalue weighted by atomic mass is 16.7. The van der Waals surface area contributed by atoms with Crippen LogP contribution >= 0.6 is 0 Å². The average Bonchev–Trinajstić information content (AvgIpc) is 2.95. The Bertz CT molecular complexity index is 559. The third kappa shape index (κ3) is 2.84. The summed E-state index contributed by atoms with van der Waals surface area (Å²) in [5.41, 5.74) is 2.14. The van der Waals surface area contributed by atoms with Crippen LogP contribution in [-0.4, -0.2) is 13.2 Å². The van der Waals surface area contributed by atoms with E-state index in [1.165, 1.54) is 0 Å². The van der Waals surface area contributed by atoms with Crippen molar-refractivity contribution in [2.24, 2.45) is 0 Å². The highest BCUT2D eigenvalue weighted by Gasteiger charge is 2.33. The van der Waals surface area contributed by atoms with Crippen LogP contribution in [-0.2, 0) is 21.9 Å². The first-order valence-corrected chi connectivity index (χ1v) is 6.81. The Balaban J connectivity index is 1.71. The molecule has 0 N–H and O–H groups in total. The molecule has 1 aliphatic heterocycles. The summed E-state index contributed by atoms with van der Waals surface area (Å²) in [7, 11) is 0. The van der Waals surface area contributed by atoms with Gasteiger partial charge in [-0.15, -0.1) is 0 Å². The summed E-state index contributed by atoms with van der Waals surface area (Å²) in [6.07, 6.45) is 0. The minimum absolute atomic E-state index is 0.558. The molecule has 1 heterocycles. The molecule has 104 valence electrons. The van der Waals surface area contributed by atoms with Gasteiger partial charge in [0.05, 0.1) is 13.2 Å². The summed E-state index contributed by atoms with van der Waals surface area (Å²) in [5, 5.41) is 0. The molecular weight excluding hydrogens is 252 g/mol. The molecule has 0 spiro atoms. The van der Waals surface area contributed by atoms with Crippen LogP contribution in [0, 0.1) is 0 Å². The van der Waals surface area contributed by atoms with Gasteiger partial charge in [0.15, 0.2) is 5.79 Å². The van der Waals surface area contributed by atoms with Crippen molar-refractivity contribution in [2.75, 3.05) is 13.2 Å². The van der Waals surface area contributed by atoms with Crippen LogP contribution in [0.3, 0.4) is 0 Å². The molecule has 1 aliphatic rings. The fourth-order valence-corrected chi connectivity index (χ4v) is 2.29. The second kappa shape index (κ2) is 5.65. The van der Waals surface area contributed by atoms with Crippen molar-refractivity contribution < 1.29 is 14.2 Å². The Morgan fingerprint density at radius 1 is 1.00 bits per heavy atom. The number of ether oxygens (including phenoxy) is 3. The second-order valence-corrected chi connectivity index (χ2v) is 4.94. The predicted molar refractivity (Wildman–Crippen MR) is 76.5 cm³/mol. The fourth-order valence-electron chi connectivity index (χ4n) is 2.29. The normalized spacial score (nSPS) is 17.1. The topological polar surface area (TPSA) is 27.7 Å². The van der Waals surface area contributed by atoms with Gasteiger partial charge in [0.1, 0.15) is 12.4 Å². The Labute approximate surface area is 119 Å². The predicted octanol–water partition coefficient (Wildman–Crippen LogP) is 3.49. The highest BCUT2D eigenvalue weighted by molar-refractivity contribution is 5.31. The maximum Gasteiger partial charge on any atom is 0.192 e. The van der Waals surface area contributed by atoms with Crippen LogP contribution in [0.1, 0.15) is 18.1 Å². The van der Waals surface area contributed by atoms with E-state index in [0.29, 0.717) is 19.8 Å². The van der Waals surface area contributed by atoms with Gasteiger partial charge in [-0.25, -0.2) is 0 Å². The average molecular weight is 270 g/mol. The lowest BCUT2D eigenvalue weighted by molar-refractivity contribution is -0.149. The molecule has 20 heavy (non-hydrogen) atoms. The Morgan fingerprint density at radius 2 is 1.75 bits per heavy atom. The number of hydrogen-bond donors (Lipinski definition) is 0. The molecule has 3 heteroatoms. The molecule has 0 aromatic heterocycles. The quantitative estimate of drug-likeness (QED) is 0.851. The SMILES string of the molecule is CC1(c2cccc(OCc3ccccc3)c2)OCCO1. The molecule has 0 atom stereocenters. The van der Waals surface area contributed by atoms with E-state index < -0.39 is 5.79 Å². The molecule has 0 amide bonds. The molecule has 0 unspecified atom stereocenters. The van der Waals surface area contributed by atoms with Crippen molar-refractivity contribution in [2.45, 2.75) is 19.3 Å². The van der Waals surface area contributed by atoms with Crippen molar-refractivity contribution in [1.82, 2.24) is 0 Å². The lowest BCUT2D eigenvalue weighted by Gasteiger charge is -2.23. The van der Waals surface area contributed by atoms with E-state index in [4.69, 9.17) is 14.2 Å². The first-order valence-electron chi connectivity index (χ1n) is 6.81. The highest BCUT2D eigenvalue weighted by Crippen LogP contribution is 2.32. The molecule has 2 aromatic carbocycles. The smallest absolute Gasteiger partial charge is 0.192 e. The zero-order valence-electron chi connectivity index (χ0n) is 11.5. The van der Waals surface area contributed by atoms with Crippen LogP contribution in [0.15, 0.2) is 54.6 Å². The first kappa shape index (κ1) is 13.2. The van der Waals surface area contributed by atoms with Gasteiger partial charge < -0.3 is 14.2 Å². The van der Waals surface area contributed by atoms with E-state index >= 15 is 0 Å². The van der Waals surface area contributed by atoms with Crippen LogP contribution in [0.2, 0.25) is 0 Å². The van der Waals surface area contributed by atoms with Gasteiger partial charge in [-0.05, 0) is 24.6 Å². The van der Waals surface area contributed by atoms with E-state index in [1.807, 2.05) is 61.5 Å². The van der Waals surface area contributed by atoms with Crippen LogP contribution in [0.4, 0.5) is 0 Å². The Morgan fingerprint density at radius 3 is 2.50 bits per heavy atom. The molecule has 3 nitrogen and oxygen atoms in total. The third-order valence-electron chi connectivity index (χ3n) is 3.45. The lowest BCUT2D eigenvalue weighted by Crippen LogP contribution is -2.22. The standard InChI is InChI=1S/C17H18O3/c1-17(19-10-11-20-17)15-8-5-9-16(12-15)18-13-14-6-3-2-4-7-14/h2-9,12H,10-11,13H2,1H3. The first-order chi connectivity index (χ1) is 9.76. The number of rotatable bonds is 4. The van der Waals surface area contributed by atoms with E-state index in [1.54, 1.807) is 0 Å². The summed E-state index contributed by atoms with van der Waals surface area (Å²) in [6.45, 7) is 3.76. The van der Waals surface area contributed by atoms with Gasteiger partial charge in [0.25, 0.3) is 0 Å². The fraction of sp³-hybridized carbons (Fsp3) is 0.294. The molecule has 2 aromatic rings. The van der Waals surface area contributed by atoms with Crippen molar-refractivity contribution in [3.05, 3.63) is 65.7 Å². The molecule has 0 saturated carbocycles. The molecule has 3 rings (SSSR count). The van der Waals surface area contributed by atoms with Crippen LogP contribution < -0.4 is 4.74 Å². The van der Waals surface area contributed by atoms with Crippen LogP contribution in [0.5, 0.6) is 5.75 Å². The molecule has 1 saturated heterocycles. The minimum Gasteiger partial charge on any atom is -0.489 e. The monoisotopic (exact) mass is 270 g/mol. The maximum absolute atomic E-state index is 5.83. The van der Waals surface area contributed by atoms with Gasteiger partial charge in [-0.2, -0.15) is 0 Å².